The van der Waals surface area contributed by atoms with E-state index in [0.717, 1.165) is 12.1 Å². The Morgan fingerprint density at radius 3 is 2.27 bits per heavy atom. The zero-order valence-electron chi connectivity index (χ0n) is 20.2. The molecule has 1 fully saturated rings. The molecule has 2 aromatic carbocycles. The number of rotatable bonds is 4. The number of piperidine rings is 1. The van der Waals surface area contributed by atoms with Crippen LogP contribution in [0, 0.1) is 17.2 Å². The predicted molar refractivity (Wildman–Crippen MR) is 138 cm³/mol. The molecule has 2 aliphatic rings. The molecular weight excluding hydrogens is 470 g/mol. The molecule has 0 spiro atoms. The second-order valence-corrected chi connectivity index (χ2v) is 9.50. The highest BCUT2D eigenvalue weighted by atomic mass is 16.2. The van der Waals surface area contributed by atoms with Crippen LogP contribution in [0.4, 0.5) is 16.2 Å². The van der Waals surface area contributed by atoms with Crippen molar-refractivity contribution in [3.8, 4) is 6.07 Å². The summed E-state index contributed by atoms with van der Waals surface area (Å²) in [4.78, 5) is 52.1. The van der Waals surface area contributed by atoms with Gasteiger partial charge in [-0.2, -0.15) is 5.26 Å². The van der Waals surface area contributed by atoms with Crippen molar-refractivity contribution in [3.63, 3.8) is 0 Å². The molecule has 2 bridgehead atoms. The highest BCUT2D eigenvalue weighted by molar-refractivity contribution is 6.04. The summed E-state index contributed by atoms with van der Waals surface area (Å²) in [7, 11) is 0. The molecule has 2 aliphatic heterocycles. The lowest BCUT2D eigenvalue weighted by Crippen LogP contribution is -2.50. The lowest BCUT2D eigenvalue weighted by molar-refractivity contribution is 0.101. The van der Waals surface area contributed by atoms with Crippen molar-refractivity contribution in [3.05, 3.63) is 93.4 Å². The van der Waals surface area contributed by atoms with Gasteiger partial charge in [0.2, 0.25) is 0 Å². The molecule has 3 amide bonds. The predicted octanol–water partition coefficient (Wildman–Crippen LogP) is 3.83. The highest BCUT2D eigenvalue weighted by Crippen LogP contribution is 2.35. The lowest BCUT2D eigenvalue weighted by atomic mass is 9.83. The van der Waals surface area contributed by atoms with Gasteiger partial charge < -0.3 is 20.1 Å². The summed E-state index contributed by atoms with van der Waals surface area (Å²) in [6.45, 7) is 2.95. The van der Waals surface area contributed by atoms with Crippen molar-refractivity contribution >= 4 is 29.1 Å². The van der Waals surface area contributed by atoms with Gasteiger partial charge in [0, 0.05) is 48.1 Å². The topological polar surface area (TPSA) is 124 Å². The van der Waals surface area contributed by atoms with E-state index in [1.165, 1.54) is 6.92 Å². The van der Waals surface area contributed by atoms with Crippen LogP contribution in [0.3, 0.4) is 0 Å². The number of hydrogen-bond acceptors (Lipinski definition) is 5. The van der Waals surface area contributed by atoms with E-state index in [0.29, 0.717) is 42.0 Å². The van der Waals surface area contributed by atoms with Crippen molar-refractivity contribution < 1.29 is 14.4 Å². The van der Waals surface area contributed by atoms with E-state index in [-0.39, 0.29) is 34.9 Å². The number of nitrogens with one attached hydrogen (secondary N) is 2. The number of likely N-dealkylation sites (tertiary alicyclic amines) is 1. The average Bonchev–Trinajstić information content (AvgIpc) is 2.90. The fourth-order valence-electron chi connectivity index (χ4n) is 5.09. The van der Waals surface area contributed by atoms with Gasteiger partial charge >= 0.3 is 6.03 Å². The number of ketones is 1. The molecule has 2 atom stereocenters. The molecule has 2 N–H and O–H groups in total. The van der Waals surface area contributed by atoms with Crippen LogP contribution in [0.5, 0.6) is 0 Å². The smallest absolute Gasteiger partial charge is 0.321 e. The van der Waals surface area contributed by atoms with Crippen LogP contribution in [0.15, 0.2) is 65.5 Å². The normalized spacial score (nSPS) is 17.8. The molecule has 0 saturated carbocycles. The molecule has 1 saturated heterocycles. The Morgan fingerprint density at radius 1 is 0.892 bits per heavy atom. The average molecular weight is 496 g/mol. The number of aromatic nitrogens is 1. The summed E-state index contributed by atoms with van der Waals surface area (Å²) in [5, 5.41) is 14.5. The molecule has 0 radical (unpaired) electrons. The SMILES string of the molecule is CC(=O)c1ccc(NC(=O)N2C[C@@H]3C[C@H](C2)c2ccc(NC(=O)c4ccc(C#N)cc4)c(=O)n2C3)cc1. The first-order valence-electron chi connectivity index (χ1n) is 12.0. The lowest BCUT2D eigenvalue weighted by Gasteiger charge is -2.42. The maximum atomic E-state index is 13.2. The number of carbonyl (C=O) groups is 3. The van der Waals surface area contributed by atoms with Crippen LogP contribution in [0.1, 0.15) is 51.2 Å². The highest BCUT2D eigenvalue weighted by Gasteiger charge is 2.36. The van der Waals surface area contributed by atoms with Crippen LogP contribution in [0.2, 0.25) is 0 Å². The third-order valence-corrected chi connectivity index (χ3v) is 6.96. The molecule has 1 aromatic heterocycles. The molecule has 0 unspecified atom stereocenters. The number of nitriles is 1. The Kier molecular flexibility index (Phi) is 6.32. The number of pyridine rings is 1. The number of fused-ring (bicyclic) bond motifs is 4. The first kappa shape index (κ1) is 24.0. The van der Waals surface area contributed by atoms with Gasteiger partial charge in [-0.25, -0.2) is 4.79 Å². The summed E-state index contributed by atoms with van der Waals surface area (Å²) in [6.07, 6.45) is 0.882. The van der Waals surface area contributed by atoms with Gasteiger partial charge in [-0.05, 0) is 79.9 Å². The van der Waals surface area contributed by atoms with Crippen molar-refractivity contribution in [1.29, 1.82) is 5.26 Å². The van der Waals surface area contributed by atoms with E-state index in [9.17, 15) is 19.2 Å². The number of anilines is 2. The summed E-state index contributed by atoms with van der Waals surface area (Å²) in [6, 6.07) is 18.2. The number of amides is 3. The summed E-state index contributed by atoms with van der Waals surface area (Å²) < 4.78 is 1.71. The van der Waals surface area contributed by atoms with Gasteiger partial charge in [0.15, 0.2) is 5.78 Å². The van der Waals surface area contributed by atoms with Gasteiger partial charge in [-0.1, -0.05) is 0 Å². The molecular formula is C28H25N5O4. The van der Waals surface area contributed by atoms with Crippen molar-refractivity contribution in [1.82, 2.24) is 9.47 Å². The van der Waals surface area contributed by atoms with Crippen LogP contribution >= 0.6 is 0 Å². The third kappa shape index (κ3) is 4.86. The summed E-state index contributed by atoms with van der Waals surface area (Å²) in [5.74, 6) is -0.335. The zero-order valence-corrected chi connectivity index (χ0v) is 20.2. The Balaban J connectivity index is 1.29. The number of urea groups is 1. The van der Waals surface area contributed by atoms with Gasteiger partial charge in [0.1, 0.15) is 5.69 Å². The molecule has 186 valence electrons. The van der Waals surface area contributed by atoms with Crippen LogP contribution in [-0.2, 0) is 6.54 Å². The second-order valence-electron chi connectivity index (χ2n) is 9.50. The maximum absolute atomic E-state index is 13.2. The molecule has 9 heteroatoms. The second kappa shape index (κ2) is 9.74. The monoisotopic (exact) mass is 495 g/mol. The first-order valence-corrected chi connectivity index (χ1v) is 12.0. The quantitative estimate of drug-likeness (QED) is 0.533. The van der Waals surface area contributed by atoms with Crippen molar-refractivity contribution in [2.45, 2.75) is 25.8 Å². The fraction of sp³-hybridized carbons (Fsp3) is 0.250. The molecule has 3 heterocycles. The molecule has 9 nitrogen and oxygen atoms in total. The summed E-state index contributed by atoms with van der Waals surface area (Å²) in [5.41, 5.74) is 2.78. The molecule has 37 heavy (non-hydrogen) atoms. The number of nitrogens with zero attached hydrogens (tertiary/aromatic N) is 3. The van der Waals surface area contributed by atoms with Crippen LogP contribution in [-0.4, -0.2) is 40.3 Å². The Labute approximate surface area is 213 Å². The Hall–Kier alpha value is -4.71. The third-order valence-electron chi connectivity index (χ3n) is 6.96. The van der Waals surface area contributed by atoms with E-state index >= 15 is 0 Å². The molecule has 5 rings (SSSR count). The van der Waals surface area contributed by atoms with Crippen LogP contribution < -0.4 is 16.2 Å². The number of carbonyl (C=O) groups excluding carboxylic acids is 3. The fourth-order valence-corrected chi connectivity index (χ4v) is 5.09. The minimum Gasteiger partial charge on any atom is -0.324 e. The molecule has 3 aromatic rings. The van der Waals surface area contributed by atoms with Crippen LogP contribution in [0.25, 0.3) is 0 Å². The molecule has 0 aliphatic carbocycles. The number of Topliss-reactive ketones (excluding diaryl/α,β-unsaturated/α-hetero) is 1. The van der Waals surface area contributed by atoms with E-state index in [1.807, 2.05) is 12.1 Å². The van der Waals surface area contributed by atoms with Crippen molar-refractivity contribution in [2.75, 3.05) is 23.7 Å². The van der Waals surface area contributed by atoms with Gasteiger partial charge in [0.05, 0.1) is 11.6 Å². The van der Waals surface area contributed by atoms with E-state index in [2.05, 4.69) is 10.6 Å². The largest absolute Gasteiger partial charge is 0.324 e. The first-order chi connectivity index (χ1) is 17.8. The van der Waals surface area contributed by atoms with Gasteiger partial charge in [-0.15, -0.1) is 0 Å². The standard InChI is InChI=1S/C28H25N5O4/c1-17(34)20-6-8-23(9-7-20)30-28(37)32-14-19-12-22(16-32)25-11-10-24(27(36)33(25)15-19)31-26(35)21-4-2-18(13-29)3-5-21/h2-11,19,22H,12,14-16H2,1H3,(H,30,37)(H,31,35)/t19-,22+/m0/s1. The maximum Gasteiger partial charge on any atom is 0.321 e. The minimum atomic E-state index is -0.419. The minimum absolute atomic E-state index is 0.00863. The zero-order chi connectivity index (χ0) is 26.1. The summed E-state index contributed by atoms with van der Waals surface area (Å²) >= 11 is 0. The number of benzene rings is 2. The van der Waals surface area contributed by atoms with Gasteiger partial charge in [-0.3, -0.25) is 14.4 Å². The van der Waals surface area contributed by atoms with Crippen molar-refractivity contribution in [2.24, 2.45) is 5.92 Å². The van der Waals surface area contributed by atoms with E-state index < -0.39 is 5.91 Å². The Morgan fingerprint density at radius 2 is 1.59 bits per heavy atom. The number of hydrogen-bond donors (Lipinski definition) is 2. The van der Waals surface area contributed by atoms with E-state index in [4.69, 9.17) is 5.26 Å². The van der Waals surface area contributed by atoms with E-state index in [1.54, 1.807) is 64.1 Å². The van der Waals surface area contributed by atoms with Gasteiger partial charge in [0.25, 0.3) is 11.5 Å². The Bertz CT molecular complexity index is 1480.